The molecule has 14 heavy (non-hydrogen) atoms. The molecule has 0 saturated carbocycles. The Morgan fingerprint density at radius 2 is 2.36 bits per heavy atom. The van der Waals surface area contributed by atoms with E-state index in [9.17, 15) is 0 Å². The first-order chi connectivity index (χ1) is 6.77. The lowest BCUT2D eigenvalue weighted by atomic mass is 9.95. The summed E-state index contributed by atoms with van der Waals surface area (Å²) in [7, 11) is 4.05. The van der Waals surface area contributed by atoms with Crippen LogP contribution in [0.4, 0.5) is 0 Å². The minimum absolute atomic E-state index is 0.230. The second-order valence-electron chi connectivity index (χ2n) is 4.00. The fraction of sp³-hybridized carbons (Fsp3) is 1.00. The Balaban J connectivity index is 2.32. The second-order valence-corrected chi connectivity index (χ2v) is 4.00. The number of hydrogen-bond donors (Lipinski definition) is 2. The summed E-state index contributed by atoms with van der Waals surface area (Å²) >= 11 is 0. The van der Waals surface area contributed by atoms with E-state index in [1.807, 2.05) is 14.1 Å². The van der Waals surface area contributed by atoms with Crippen molar-refractivity contribution in [1.29, 1.82) is 0 Å². The summed E-state index contributed by atoms with van der Waals surface area (Å²) in [5, 5.41) is 12.1. The Hall–Kier alpha value is -0.160. The number of rotatable bonds is 5. The molecule has 0 radical (unpaired) electrons. The van der Waals surface area contributed by atoms with E-state index < -0.39 is 0 Å². The maximum atomic E-state index is 8.80. The van der Waals surface area contributed by atoms with Gasteiger partial charge in [0.05, 0.1) is 13.2 Å². The van der Waals surface area contributed by atoms with E-state index in [-0.39, 0.29) is 6.61 Å². The summed E-state index contributed by atoms with van der Waals surface area (Å²) in [5.74, 6) is 0.547. The molecule has 1 saturated heterocycles. The summed E-state index contributed by atoms with van der Waals surface area (Å²) in [4.78, 5) is 2.16. The Kier molecular flexibility index (Phi) is 5.40. The van der Waals surface area contributed by atoms with Crippen molar-refractivity contribution < 1.29 is 9.84 Å². The molecule has 0 amide bonds. The smallest absolute Gasteiger partial charge is 0.0558 e. The molecule has 2 atom stereocenters. The second kappa shape index (κ2) is 6.35. The topological polar surface area (TPSA) is 44.7 Å². The molecule has 1 aliphatic rings. The van der Waals surface area contributed by atoms with E-state index in [2.05, 4.69) is 10.2 Å². The minimum atomic E-state index is 0.230. The maximum Gasteiger partial charge on any atom is 0.0558 e. The number of hydrogen-bond acceptors (Lipinski definition) is 4. The molecule has 0 bridgehead atoms. The predicted octanol–water partition coefficient (Wildman–Crippen LogP) is -0.465. The van der Waals surface area contributed by atoms with Crippen LogP contribution in [0.5, 0.6) is 0 Å². The first kappa shape index (κ1) is 11.9. The van der Waals surface area contributed by atoms with Crippen LogP contribution in [0.2, 0.25) is 0 Å². The number of ether oxygens (including phenoxy) is 1. The Bertz CT molecular complexity index is 155. The molecule has 0 aliphatic carbocycles. The third-order valence-corrected chi connectivity index (χ3v) is 2.87. The monoisotopic (exact) mass is 202 g/mol. The van der Waals surface area contributed by atoms with E-state index >= 15 is 0 Å². The van der Waals surface area contributed by atoms with Gasteiger partial charge in [-0.05, 0) is 20.5 Å². The molecule has 1 rings (SSSR count). The third kappa shape index (κ3) is 3.53. The van der Waals surface area contributed by atoms with Gasteiger partial charge in [-0.25, -0.2) is 0 Å². The molecule has 0 spiro atoms. The maximum absolute atomic E-state index is 8.80. The summed E-state index contributed by atoms with van der Waals surface area (Å²) < 4.78 is 5.46. The number of aliphatic hydroxyl groups is 1. The van der Waals surface area contributed by atoms with Crippen molar-refractivity contribution in [3.8, 4) is 0 Å². The van der Waals surface area contributed by atoms with Gasteiger partial charge in [-0.1, -0.05) is 0 Å². The van der Waals surface area contributed by atoms with Crippen molar-refractivity contribution in [2.75, 3.05) is 47.0 Å². The molecule has 0 aromatic carbocycles. The van der Waals surface area contributed by atoms with E-state index in [4.69, 9.17) is 9.84 Å². The van der Waals surface area contributed by atoms with Gasteiger partial charge in [-0.2, -0.15) is 0 Å². The predicted molar refractivity (Wildman–Crippen MR) is 56.4 cm³/mol. The number of nitrogens with zero attached hydrogens (tertiary/aromatic N) is 1. The zero-order valence-corrected chi connectivity index (χ0v) is 9.20. The quantitative estimate of drug-likeness (QED) is 0.633. The summed E-state index contributed by atoms with van der Waals surface area (Å²) in [6.45, 7) is 3.67. The molecular weight excluding hydrogens is 180 g/mol. The fourth-order valence-electron chi connectivity index (χ4n) is 2.02. The fourth-order valence-corrected chi connectivity index (χ4v) is 2.02. The van der Waals surface area contributed by atoms with Crippen molar-refractivity contribution in [3.05, 3.63) is 0 Å². The standard InChI is InChI=1S/C10H22N2O2/c1-11-10-3-6-14-8-9(10)7-12(2)4-5-13/h9-11,13H,3-8H2,1-2H3. The van der Waals surface area contributed by atoms with Crippen LogP contribution in [0.3, 0.4) is 0 Å². The molecule has 4 heteroatoms. The highest BCUT2D eigenvalue weighted by molar-refractivity contribution is 4.80. The lowest BCUT2D eigenvalue weighted by Crippen LogP contribution is -2.46. The molecule has 1 fully saturated rings. The molecule has 4 nitrogen and oxygen atoms in total. The van der Waals surface area contributed by atoms with Gasteiger partial charge in [0, 0.05) is 31.7 Å². The summed E-state index contributed by atoms with van der Waals surface area (Å²) in [5.41, 5.74) is 0. The van der Waals surface area contributed by atoms with E-state index in [1.165, 1.54) is 0 Å². The van der Waals surface area contributed by atoms with Gasteiger partial charge < -0.3 is 20.1 Å². The molecule has 1 aliphatic heterocycles. The molecule has 0 aromatic heterocycles. The summed E-state index contributed by atoms with van der Waals surface area (Å²) in [6.07, 6.45) is 1.09. The average molecular weight is 202 g/mol. The van der Waals surface area contributed by atoms with Crippen LogP contribution < -0.4 is 5.32 Å². The van der Waals surface area contributed by atoms with Crippen LogP contribution in [0.1, 0.15) is 6.42 Å². The molecule has 84 valence electrons. The summed E-state index contributed by atoms with van der Waals surface area (Å²) in [6, 6.07) is 0.560. The molecule has 2 unspecified atom stereocenters. The first-order valence-electron chi connectivity index (χ1n) is 5.32. The minimum Gasteiger partial charge on any atom is -0.395 e. The van der Waals surface area contributed by atoms with E-state index in [0.717, 1.165) is 32.7 Å². The van der Waals surface area contributed by atoms with Gasteiger partial charge in [0.15, 0.2) is 0 Å². The van der Waals surface area contributed by atoms with Gasteiger partial charge in [-0.15, -0.1) is 0 Å². The lowest BCUT2D eigenvalue weighted by Gasteiger charge is -2.33. The van der Waals surface area contributed by atoms with Gasteiger partial charge in [-0.3, -0.25) is 0 Å². The number of likely N-dealkylation sites (N-methyl/N-ethyl adjacent to an activating group) is 1. The molecule has 1 heterocycles. The highest BCUT2D eigenvalue weighted by Gasteiger charge is 2.25. The third-order valence-electron chi connectivity index (χ3n) is 2.87. The first-order valence-corrected chi connectivity index (χ1v) is 5.32. The Morgan fingerprint density at radius 3 is 3.00 bits per heavy atom. The largest absolute Gasteiger partial charge is 0.395 e. The van der Waals surface area contributed by atoms with E-state index in [0.29, 0.717) is 12.0 Å². The van der Waals surface area contributed by atoms with Crippen LogP contribution in [0, 0.1) is 5.92 Å². The van der Waals surface area contributed by atoms with Crippen LogP contribution in [0.25, 0.3) is 0 Å². The molecule has 2 N–H and O–H groups in total. The van der Waals surface area contributed by atoms with Crippen molar-refractivity contribution >= 4 is 0 Å². The normalized spacial score (nSPS) is 28.3. The highest BCUT2D eigenvalue weighted by Crippen LogP contribution is 2.15. The Morgan fingerprint density at radius 1 is 1.57 bits per heavy atom. The lowest BCUT2D eigenvalue weighted by molar-refractivity contribution is 0.0200. The molecular formula is C10H22N2O2. The molecule has 0 aromatic rings. The van der Waals surface area contributed by atoms with Crippen LogP contribution >= 0.6 is 0 Å². The van der Waals surface area contributed by atoms with Crippen LogP contribution in [-0.4, -0.2) is 63.1 Å². The zero-order chi connectivity index (χ0) is 10.4. The van der Waals surface area contributed by atoms with Crippen LogP contribution in [0.15, 0.2) is 0 Å². The SMILES string of the molecule is CNC1CCOCC1CN(C)CCO. The van der Waals surface area contributed by atoms with Crippen molar-refractivity contribution in [1.82, 2.24) is 10.2 Å². The van der Waals surface area contributed by atoms with Crippen molar-refractivity contribution in [2.45, 2.75) is 12.5 Å². The van der Waals surface area contributed by atoms with E-state index in [1.54, 1.807) is 0 Å². The average Bonchev–Trinajstić information content (AvgIpc) is 2.19. The van der Waals surface area contributed by atoms with Gasteiger partial charge >= 0.3 is 0 Å². The van der Waals surface area contributed by atoms with Crippen LogP contribution in [-0.2, 0) is 4.74 Å². The Labute approximate surface area is 86.2 Å². The van der Waals surface area contributed by atoms with Gasteiger partial charge in [0.25, 0.3) is 0 Å². The number of nitrogens with one attached hydrogen (secondary N) is 1. The van der Waals surface area contributed by atoms with Crippen molar-refractivity contribution in [2.24, 2.45) is 5.92 Å². The zero-order valence-electron chi connectivity index (χ0n) is 9.20. The number of aliphatic hydroxyl groups excluding tert-OH is 1. The van der Waals surface area contributed by atoms with Crippen molar-refractivity contribution in [3.63, 3.8) is 0 Å². The van der Waals surface area contributed by atoms with Gasteiger partial charge in [0.2, 0.25) is 0 Å². The highest BCUT2D eigenvalue weighted by atomic mass is 16.5. The van der Waals surface area contributed by atoms with Gasteiger partial charge in [0.1, 0.15) is 0 Å².